The number of anilines is 1. The lowest BCUT2D eigenvalue weighted by Crippen LogP contribution is -2.59. The molecular weight excluding hydrogens is 350 g/mol. The summed E-state index contributed by atoms with van der Waals surface area (Å²) in [7, 11) is -3.13. The fourth-order valence-corrected chi connectivity index (χ4v) is 6.17. The normalized spacial score (nSPS) is 26.8. The van der Waals surface area contributed by atoms with Gasteiger partial charge in [-0.05, 0) is 19.8 Å². The van der Waals surface area contributed by atoms with E-state index < -0.39 is 15.1 Å². The first kappa shape index (κ1) is 17.8. The van der Waals surface area contributed by atoms with E-state index in [1.54, 1.807) is 0 Å². The molecule has 0 bridgehead atoms. The number of nitrogens with one attached hydrogen (secondary N) is 1. The number of fused-ring (bicyclic) bond motifs is 1. The highest BCUT2D eigenvalue weighted by atomic mass is 32.2. The second kappa shape index (κ2) is 7.07. The number of thiazole rings is 1. The fourth-order valence-electron chi connectivity index (χ4n) is 3.37. The van der Waals surface area contributed by atoms with Crippen molar-refractivity contribution in [2.24, 2.45) is 0 Å². The highest BCUT2D eigenvalue weighted by molar-refractivity contribution is 7.92. The van der Waals surface area contributed by atoms with Crippen LogP contribution in [0.15, 0.2) is 0 Å². The van der Waals surface area contributed by atoms with Crippen LogP contribution < -0.4 is 5.32 Å². The summed E-state index contributed by atoms with van der Waals surface area (Å²) < 4.78 is 29.7. The predicted octanol–water partition coefficient (Wildman–Crippen LogP) is 0.840. The maximum atomic E-state index is 12.4. The molecule has 7 nitrogen and oxygen atoms in total. The zero-order valence-corrected chi connectivity index (χ0v) is 15.6. The van der Waals surface area contributed by atoms with Crippen molar-refractivity contribution in [1.29, 1.82) is 0 Å². The number of ether oxygens (including phenoxy) is 1. The average molecular weight is 374 g/mol. The van der Waals surface area contributed by atoms with Crippen LogP contribution in [0.25, 0.3) is 0 Å². The number of hydrogen-bond acceptors (Lipinski definition) is 7. The quantitative estimate of drug-likeness (QED) is 0.841. The van der Waals surface area contributed by atoms with E-state index in [-0.39, 0.29) is 30.9 Å². The molecule has 9 heteroatoms. The van der Waals surface area contributed by atoms with E-state index in [0.717, 1.165) is 17.0 Å². The van der Waals surface area contributed by atoms with Crippen molar-refractivity contribution in [3.63, 3.8) is 0 Å². The third kappa shape index (κ3) is 3.63. The molecule has 2 atom stereocenters. The molecular formula is C15H23N3O4S2. The van der Waals surface area contributed by atoms with Gasteiger partial charge in [-0.1, -0.05) is 6.92 Å². The monoisotopic (exact) mass is 373 g/mol. The first-order valence-electron chi connectivity index (χ1n) is 8.20. The molecule has 134 valence electrons. The number of sulfone groups is 1. The van der Waals surface area contributed by atoms with E-state index in [1.807, 2.05) is 18.7 Å². The molecule has 3 heterocycles. The summed E-state index contributed by atoms with van der Waals surface area (Å²) in [6.07, 6.45) is 1.49. The molecule has 0 spiro atoms. The Morgan fingerprint density at radius 3 is 3.00 bits per heavy atom. The van der Waals surface area contributed by atoms with Gasteiger partial charge in [-0.25, -0.2) is 13.4 Å². The maximum absolute atomic E-state index is 12.4. The number of carbonyl (C=O) groups is 1. The van der Waals surface area contributed by atoms with E-state index in [0.29, 0.717) is 24.7 Å². The van der Waals surface area contributed by atoms with E-state index in [2.05, 4.69) is 10.3 Å². The third-order valence-electron chi connectivity index (χ3n) is 4.68. The predicted molar refractivity (Wildman–Crippen MR) is 93.2 cm³/mol. The molecule has 2 saturated heterocycles. The summed E-state index contributed by atoms with van der Waals surface area (Å²) in [4.78, 5) is 19.9. The Balaban J connectivity index is 1.65. The summed E-state index contributed by atoms with van der Waals surface area (Å²) in [5.74, 6) is -0.0582. The molecule has 2 aliphatic heterocycles. The number of aryl methyl sites for hydroxylation is 2. The molecule has 3 rings (SSSR count). The Morgan fingerprint density at radius 1 is 1.50 bits per heavy atom. The van der Waals surface area contributed by atoms with Gasteiger partial charge in [0.15, 0.2) is 15.0 Å². The molecule has 24 heavy (non-hydrogen) atoms. The van der Waals surface area contributed by atoms with Crippen molar-refractivity contribution in [2.45, 2.75) is 38.0 Å². The van der Waals surface area contributed by atoms with Gasteiger partial charge >= 0.3 is 0 Å². The van der Waals surface area contributed by atoms with E-state index >= 15 is 0 Å². The molecule has 1 N–H and O–H groups in total. The van der Waals surface area contributed by atoms with E-state index in [9.17, 15) is 13.2 Å². The minimum Gasteiger partial charge on any atom is -0.380 e. The number of aromatic nitrogens is 1. The first-order chi connectivity index (χ1) is 11.4. The molecule has 2 fully saturated rings. The molecule has 0 saturated carbocycles. The summed E-state index contributed by atoms with van der Waals surface area (Å²) in [5.41, 5.74) is 1.00. The number of rotatable bonds is 4. The van der Waals surface area contributed by atoms with Gasteiger partial charge in [0.1, 0.15) is 5.25 Å². The highest BCUT2D eigenvalue weighted by Gasteiger charge is 2.43. The first-order valence-corrected chi connectivity index (χ1v) is 10.7. The Kier molecular flexibility index (Phi) is 5.24. The van der Waals surface area contributed by atoms with Gasteiger partial charge in [-0.15, -0.1) is 11.3 Å². The SMILES string of the molecule is CCc1nc(NC(=O)CN2CCS(=O)(=O)[C@@H]3COCC[C@@H]32)sc1C. The van der Waals surface area contributed by atoms with Crippen LogP contribution in [0.3, 0.4) is 0 Å². The Hall–Kier alpha value is -1.03. The summed E-state index contributed by atoms with van der Waals surface area (Å²) in [6, 6.07) is -0.132. The van der Waals surface area contributed by atoms with Crippen LogP contribution in [0.2, 0.25) is 0 Å². The van der Waals surface area contributed by atoms with Crippen molar-refractivity contribution in [3.05, 3.63) is 10.6 Å². The Labute approximate surface area is 146 Å². The number of hydrogen-bond donors (Lipinski definition) is 1. The number of amides is 1. The fraction of sp³-hybridized carbons (Fsp3) is 0.733. The second-order valence-corrected chi connectivity index (χ2v) is 9.77. The van der Waals surface area contributed by atoms with Gasteiger partial charge in [0.05, 0.1) is 24.6 Å². The molecule has 0 aromatic carbocycles. The van der Waals surface area contributed by atoms with Crippen LogP contribution in [0, 0.1) is 6.92 Å². The topological polar surface area (TPSA) is 88.6 Å². The Bertz CT molecular complexity index is 716. The molecule has 1 amide bonds. The smallest absolute Gasteiger partial charge is 0.240 e. The van der Waals surface area contributed by atoms with Gasteiger partial charge in [-0.3, -0.25) is 9.69 Å². The number of nitrogens with zero attached hydrogens (tertiary/aromatic N) is 2. The van der Waals surface area contributed by atoms with Crippen molar-refractivity contribution in [3.8, 4) is 0 Å². The average Bonchev–Trinajstić information content (AvgIpc) is 2.90. The van der Waals surface area contributed by atoms with Crippen LogP contribution in [0.5, 0.6) is 0 Å². The largest absolute Gasteiger partial charge is 0.380 e. The van der Waals surface area contributed by atoms with Crippen LogP contribution in [0.4, 0.5) is 5.13 Å². The van der Waals surface area contributed by atoms with Gasteiger partial charge in [0, 0.05) is 24.1 Å². The van der Waals surface area contributed by atoms with Crippen LogP contribution in [-0.4, -0.2) is 67.6 Å². The Morgan fingerprint density at radius 2 is 2.29 bits per heavy atom. The van der Waals surface area contributed by atoms with Gasteiger partial charge < -0.3 is 10.1 Å². The third-order valence-corrected chi connectivity index (χ3v) is 7.74. The lowest BCUT2D eigenvalue weighted by molar-refractivity contribution is -0.118. The van der Waals surface area contributed by atoms with Gasteiger partial charge in [0.2, 0.25) is 5.91 Å². The molecule has 0 unspecified atom stereocenters. The second-order valence-electron chi connectivity index (χ2n) is 6.23. The summed E-state index contributed by atoms with van der Waals surface area (Å²) in [5, 5.41) is 2.95. The minimum atomic E-state index is -3.13. The molecule has 0 radical (unpaired) electrons. The van der Waals surface area contributed by atoms with E-state index in [1.165, 1.54) is 11.3 Å². The van der Waals surface area contributed by atoms with Crippen molar-refractivity contribution < 1.29 is 17.9 Å². The van der Waals surface area contributed by atoms with Gasteiger partial charge in [0.25, 0.3) is 0 Å². The molecule has 2 aliphatic rings. The maximum Gasteiger partial charge on any atom is 0.240 e. The number of carbonyl (C=O) groups excluding carboxylic acids is 1. The van der Waals surface area contributed by atoms with E-state index in [4.69, 9.17) is 4.74 Å². The van der Waals surface area contributed by atoms with Crippen LogP contribution >= 0.6 is 11.3 Å². The minimum absolute atomic E-state index is 0.0845. The zero-order valence-electron chi connectivity index (χ0n) is 13.9. The lowest BCUT2D eigenvalue weighted by atomic mass is 10.1. The van der Waals surface area contributed by atoms with Crippen molar-refractivity contribution >= 4 is 32.2 Å². The lowest BCUT2D eigenvalue weighted by Gasteiger charge is -2.42. The molecule has 0 aliphatic carbocycles. The van der Waals surface area contributed by atoms with Crippen molar-refractivity contribution in [1.82, 2.24) is 9.88 Å². The zero-order chi connectivity index (χ0) is 17.3. The highest BCUT2D eigenvalue weighted by Crippen LogP contribution is 2.26. The van der Waals surface area contributed by atoms with Crippen LogP contribution in [-0.2, 0) is 25.8 Å². The van der Waals surface area contributed by atoms with Crippen LogP contribution in [0.1, 0.15) is 23.9 Å². The standard InChI is InChI=1S/C15H23N3O4S2/c1-3-11-10(2)23-15(16-11)17-14(19)8-18-5-7-24(20,21)13-9-22-6-4-12(13)18/h12-13H,3-9H2,1-2H3,(H,16,17,19)/t12-,13+/m0/s1. The molecule has 1 aromatic heterocycles. The van der Waals surface area contributed by atoms with Crippen molar-refractivity contribution in [2.75, 3.05) is 37.4 Å². The molecule has 1 aromatic rings. The summed E-state index contributed by atoms with van der Waals surface area (Å²) >= 11 is 1.47. The van der Waals surface area contributed by atoms with Gasteiger partial charge in [-0.2, -0.15) is 0 Å². The summed E-state index contributed by atoms with van der Waals surface area (Å²) in [6.45, 7) is 5.39.